The molecule has 108 valence electrons. The van der Waals surface area contributed by atoms with Gasteiger partial charge in [0.15, 0.2) is 5.65 Å². The Morgan fingerprint density at radius 3 is 2.81 bits per heavy atom. The number of benzene rings is 1. The Bertz CT molecular complexity index is 795. The van der Waals surface area contributed by atoms with Gasteiger partial charge in [0.2, 0.25) is 0 Å². The third-order valence-corrected chi connectivity index (χ3v) is 4.16. The van der Waals surface area contributed by atoms with E-state index < -0.39 is 0 Å². The summed E-state index contributed by atoms with van der Waals surface area (Å²) in [5.41, 5.74) is 4.23. The van der Waals surface area contributed by atoms with Gasteiger partial charge >= 0.3 is 0 Å². The van der Waals surface area contributed by atoms with Crippen LogP contribution in [0, 0.1) is 6.92 Å². The fourth-order valence-corrected chi connectivity index (χ4v) is 2.91. The van der Waals surface area contributed by atoms with Crippen molar-refractivity contribution in [2.45, 2.75) is 25.8 Å². The number of aromatic nitrogens is 3. The molecule has 1 unspecified atom stereocenters. The monoisotopic (exact) mass is 363 g/mol. The number of nitrogens with zero attached hydrogens (tertiary/aromatic N) is 3. The van der Waals surface area contributed by atoms with E-state index >= 15 is 0 Å². The van der Waals surface area contributed by atoms with Crippen molar-refractivity contribution in [3.63, 3.8) is 0 Å². The summed E-state index contributed by atoms with van der Waals surface area (Å²) in [5, 5.41) is -0.165. The first kappa shape index (κ1) is 14.5. The van der Waals surface area contributed by atoms with Crippen LogP contribution in [-0.4, -0.2) is 14.5 Å². The zero-order chi connectivity index (χ0) is 15.0. The number of alkyl halides is 1. The highest BCUT2D eigenvalue weighted by Gasteiger charge is 2.16. The van der Waals surface area contributed by atoms with Crippen molar-refractivity contribution in [1.82, 2.24) is 14.5 Å². The van der Waals surface area contributed by atoms with E-state index in [9.17, 15) is 0 Å². The van der Waals surface area contributed by atoms with Gasteiger partial charge in [-0.15, -0.1) is 11.6 Å². The number of rotatable bonds is 3. The predicted octanol–water partition coefficient (Wildman–Crippen LogP) is 4.85. The van der Waals surface area contributed by atoms with Gasteiger partial charge in [-0.25, -0.2) is 9.97 Å². The van der Waals surface area contributed by atoms with E-state index in [0.29, 0.717) is 0 Å². The van der Waals surface area contributed by atoms with Crippen LogP contribution < -0.4 is 0 Å². The van der Waals surface area contributed by atoms with Crippen LogP contribution in [0.5, 0.6) is 0 Å². The number of hydrogen-bond acceptors (Lipinski definition) is 2. The summed E-state index contributed by atoms with van der Waals surface area (Å²) in [6.45, 7) is 4.78. The Morgan fingerprint density at radius 1 is 1.33 bits per heavy atom. The topological polar surface area (TPSA) is 30.7 Å². The molecule has 0 aliphatic rings. The van der Waals surface area contributed by atoms with Crippen LogP contribution in [0.15, 0.2) is 41.0 Å². The van der Waals surface area contributed by atoms with Gasteiger partial charge in [-0.05, 0) is 47.0 Å². The lowest BCUT2D eigenvalue weighted by Crippen LogP contribution is -2.07. The van der Waals surface area contributed by atoms with Crippen molar-refractivity contribution in [2.24, 2.45) is 0 Å². The molecule has 1 aromatic carbocycles. The molecule has 0 amide bonds. The standard InChI is InChI=1S/C16H15BrClN3/c1-10-5-3-4-6-12(10)9-21-15(11(2)18)20-14-7-13(17)8-19-16(14)21/h3-8,11H,9H2,1-2H3. The number of hydrogen-bond donors (Lipinski definition) is 0. The van der Waals surface area contributed by atoms with Gasteiger partial charge < -0.3 is 4.57 Å². The number of aryl methyl sites for hydroxylation is 1. The van der Waals surface area contributed by atoms with Crippen molar-refractivity contribution >= 4 is 38.7 Å². The highest BCUT2D eigenvalue weighted by molar-refractivity contribution is 9.10. The molecule has 21 heavy (non-hydrogen) atoms. The molecule has 0 aliphatic carbocycles. The molecule has 3 nitrogen and oxygen atoms in total. The second-order valence-corrected chi connectivity index (χ2v) is 6.67. The summed E-state index contributed by atoms with van der Waals surface area (Å²) in [4.78, 5) is 9.14. The van der Waals surface area contributed by atoms with Crippen molar-refractivity contribution in [3.8, 4) is 0 Å². The highest BCUT2D eigenvalue weighted by atomic mass is 79.9. The molecule has 1 atom stereocenters. The van der Waals surface area contributed by atoms with Crippen LogP contribution in [0.4, 0.5) is 0 Å². The number of halogens is 2. The lowest BCUT2D eigenvalue weighted by molar-refractivity contribution is 0.733. The average Bonchev–Trinajstić information content (AvgIpc) is 2.79. The van der Waals surface area contributed by atoms with Crippen LogP contribution in [0.2, 0.25) is 0 Å². The molecule has 0 radical (unpaired) electrons. The maximum absolute atomic E-state index is 6.30. The normalized spacial score (nSPS) is 12.8. The molecule has 0 N–H and O–H groups in total. The fourth-order valence-electron chi connectivity index (χ4n) is 2.42. The van der Waals surface area contributed by atoms with Gasteiger partial charge in [0.05, 0.1) is 11.9 Å². The van der Waals surface area contributed by atoms with Crippen molar-refractivity contribution in [2.75, 3.05) is 0 Å². The first-order valence-corrected chi connectivity index (χ1v) is 7.99. The van der Waals surface area contributed by atoms with Crippen molar-refractivity contribution in [1.29, 1.82) is 0 Å². The van der Waals surface area contributed by atoms with Crippen molar-refractivity contribution in [3.05, 3.63) is 58.0 Å². The molecule has 3 rings (SSSR count). The fraction of sp³-hybridized carbons (Fsp3) is 0.250. The molecule has 5 heteroatoms. The first-order chi connectivity index (χ1) is 10.1. The number of imidazole rings is 1. The molecule has 3 aromatic rings. The molecule has 0 fully saturated rings. The largest absolute Gasteiger partial charge is 0.307 e. The van der Waals surface area contributed by atoms with Gasteiger partial charge in [0.25, 0.3) is 0 Å². The molecule has 0 spiro atoms. The average molecular weight is 365 g/mol. The van der Waals surface area contributed by atoms with Gasteiger partial charge in [-0.2, -0.15) is 0 Å². The Morgan fingerprint density at radius 2 is 2.10 bits per heavy atom. The quantitative estimate of drug-likeness (QED) is 0.622. The second-order valence-electron chi connectivity index (χ2n) is 5.09. The molecule has 0 bridgehead atoms. The predicted molar refractivity (Wildman–Crippen MR) is 89.8 cm³/mol. The molecular weight excluding hydrogens is 350 g/mol. The van der Waals surface area contributed by atoms with Crippen LogP contribution in [0.25, 0.3) is 11.2 Å². The third kappa shape index (κ3) is 2.83. The third-order valence-electron chi connectivity index (χ3n) is 3.53. The Labute approximate surface area is 137 Å². The van der Waals surface area contributed by atoms with Crippen LogP contribution >= 0.6 is 27.5 Å². The number of pyridine rings is 1. The van der Waals surface area contributed by atoms with E-state index in [1.165, 1.54) is 11.1 Å². The second kappa shape index (κ2) is 5.78. The van der Waals surface area contributed by atoms with Gasteiger partial charge in [-0.3, -0.25) is 0 Å². The molecule has 2 heterocycles. The minimum absolute atomic E-state index is 0.165. The van der Waals surface area contributed by atoms with E-state index in [-0.39, 0.29) is 5.38 Å². The van der Waals surface area contributed by atoms with Gasteiger partial charge in [-0.1, -0.05) is 24.3 Å². The zero-order valence-corrected chi connectivity index (χ0v) is 14.2. The van der Waals surface area contributed by atoms with E-state index in [2.05, 4.69) is 55.6 Å². The van der Waals surface area contributed by atoms with Crippen molar-refractivity contribution < 1.29 is 0 Å². The molecule has 0 aliphatic heterocycles. The van der Waals surface area contributed by atoms with E-state index in [1.54, 1.807) is 6.20 Å². The maximum atomic E-state index is 6.30. The highest BCUT2D eigenvalue weighted by Crippen LogP contribution is 2.26. The van der Waals surface area contributed by atoms with Crippen LogP contribution in [0.1, 0.15) is 29.3 Å². The summed E-state index contributed by atoms with van der Waals surface area (Å²) < 4.78 is 3.02. The minimum atomic E-state index is -0.165. The van der Waals surface area contributed by atoms with Gasteiger partial charge in [0, 0.05) is 10.7 Å². The SMILES string of the molecule is Cc1ccccc1Cn1c(C(C)Cl)nc2cc(Br)cnc21. The molecular formula is C16H15BrClN3. The summed E-state index contributed by atoms with van der Waals surface area (Å²) >= 11 is 9.74. The van der Waals surface area contributed by atoms with E-state index in [1.807, 2.05) is 19.1 Å². The minimum Gasteiger partial charge on any atom is -0.307 e. The molecule has 2 aromatic heterocycles. The summed E-state index contributed by atoms with van der Waals surface area (Å²) in [6.07, 6.45) is 1.79. The van der Waals surface area contributed by atoms with Gasteiger partial charge in [0.1, 0.15) is 11.3 Å². The lowest BCUT2D eigenvalue weighted by Gasteiger charge is -2.11. The summed E-state index contributed by atoms with van der Waals surface area (Å²) in [7, 11) is 0. The smallest absolute Gasteiger partial charge is 0.160 e. The maximum Gasteiger partial charge on any atom is 0.160 e. The van der Waals surface area contributed by atoms with Crippen LogP contribution in [0.3, 0.4) is 0 Å². The zero-order valence-electron chi connectivity index (χ0n) is 11.8. The number of fused-ring (bicyclic) bond motifs is 1. The first-order valence-electron chi connectivity index (χ1n) is 6.76. The summed E-state index contributed by atoms with van der Waals surface area (Å²) in [5.74, 6) is 0.848. The lowest BCUT2D eigenvalue weighted by atomic mass is 10.1. The molecule has 0 saturated carbocycles. The Balaban J connectivity index is 2.16. The Kier molecular flexibility index (Phi) is 4.00. The van der Waals surface area contributed by atoms with E-state index in [0.717, 1.165) is 28.0 Å². The molecule has 0 saturated heterocycles. The Hall–Kier alpha value is -1.39. The summed E-state index contributed by atoms with van der Waals surface area (Å²) in [6, 6.07) is 10.3. The van der Waals surface area contributed by atoms with E-state index in [4.69, 9.17) is 11.6 Å². The van der Waals surface area contributed by atoms with Crippen LogP contribution in [-0.2, 0) is 6.54 Å².